The highest BCUT2D eigenvalue weighted by Gasteiger charge is 2.79. The minimum atomic E-state index is -2.46. The summed E-state index contributed by atoms with van der Waals surface area (Å²) in [5.74, 6) is -4.14. The largest absolute Gasteiger partial charge is 0.479 e. The van der Waals surface area contributed by atoms with E-state index in [1.54, 1.807) is 6.08 Å². The number of methoxy groups -OCH3 is 1. The van der Waals surface area contributed by atoms with Crippen LogP contribution in [0.15, 0.2) is 12.2 Å². The zero-order chi connectivity index (χ0) is 19.3. The monoisotopic (exact) mass is 369 g/mol. The van der Waals surface area contributed by atoms with Crippen LogP contribution in [0.4, 0.5) is 4.79 Å². The van der Waals surface area contributed by atoms with E-state index in [9.17, 15) is 29.7 Å². The van der Waals surface area contributed by atoms with Gasteiger partial charge in [-0.2, -0.15) is 0 Å². The van der Waals surface area contributed by atoms with Gasteiger partial charge in [0, 0.05) is 19.4 Å². The van der Waals surface area contributed by atoms with Gasteiger partial charge in [-0.1, -0.05) is 12.2 Å². The number of fused-ring (bicyclic) bond motifs is 1. The number of ether oxygens (including phenoxy) is 2. The Morgan fingerprint density at radius 3 is 2.62 bits per heavy atom. The Balaban J connectivity index is 2.19. The van der Waals surface area contributed by atoms with E-state index in [-0.39, 0.29) is 11.3 Å². The molecule has 0 spiro atoms. The van der Waals surface area contributed by atoms with Crippen LogP contribution in [0.25, 0.3) is 0 Å². The average Bonchev–Trinajstić information content (AvgIpc) is 3.04. The third-order valence-corrected chi connectivity index (χ3v) is 6.00. The number of carbonyl (C=O) groups excluding carboxylic acids is 1. The maximum absolute atomic E-state index is 12.8. The number of rotatable bonds is 4. The first-order valence-corrected chi connectivity index (χ1v) is 8.57. The fourth-order valence-electron chi connectivity index (χ4n) is 4.73. The first-order chi connectivity index (χ1) is 12.2. The van der Waals surface area contributed by atoms with Gasteiger partial charge >= 0.3 is 12.1 Å². The van der Waals surface area contributed by atoms with Gasteiger partial charge in [-0.3, -0.25) is 4.79 Å². The number of hydrogen-bond donors (Lipinski definition) is 3. The maximum atomic E-state index is 12.8. The Bertz CT molecular complexity index is 663. The molecule has 0 saturated carbocycles. The summed E-state index contributed by atoms with van der Waals surface area (Å²) in [6.45, 7) is 1.38. The molecule has 144 valence electrons. The lowest BCUT2D eigenvalue weighted by Gasteiger charge is -2.46. The number of allylic oxidation sites excluding steroid dienone is 1. The normalized spacial score (nSPS) is 40.5. The van der Waals surface area contributed by atoms with Crippen LogP contribution >= 0.6 is 0 Å². The molecule has 2 aliphatic heterocycles. The number of amides is 2. The second-order valence-corrected chi connectivity index (χ2v) is 7.17. The molecule has 6 atom stereocenters. The lowest BCUT2D eigenvalue weighted by atomic mass is 9.68. The van der Waals surface area contributed by atoms with Crippen LogP contribution in [0.3, 0.4) is 0 Å². The molecule has 26 heavy (non-hydrogen) atoms. The van der Waals surface area contributed by atoms with E-state index in [2.05, 4.69) is 0 Å². The number of aliphatic hydroxyl groups excluding tert-OH is 1. The number of imide groups is 1. The van der Waals surface area contributed by atoms with E-state index in [4.69, 9.17) is 9.47 Å². The van der Waals surface area contributed by atoms with E-state index < -0.39 is 53.3 Å². The number of carboxylic acids is 1. The van der Waals surface area contributed by atoms with Gasteiger partial charge in [0.2, 0.25) is 11.4 Å². The molecule has 2 saturated heterocycles. The van der Waals surface area contributed by atoms with Crippen LogP contribution in [-0.4, -0.2) is 68.8 Å². The van der Waals surface area contributed by atoms with Crippen molar-refractivity contribution in [3.63, 3.8) is 0 Å². The molecule has 1 aliphatic carbocycles. The molecule has 2 fully saturated rings. The van der Waals surface area contributed by atoms with Crippen LogP contribution in [0.1, 0.15) is 32.6 Å². The fraction of sp³-hybridized carbons (Fsp3) is 0.706. The van der Waals surface area contributed by atoms with Crippen molar-refractivity contribution in [1.29, 1.82) is 0 Å². The van der Waals surface area contributed by atoms with Gasteiger partial charge in [0.15, 0.2) is 6.29 Å². The summed E-state index contributed by atoms with van der Waals surface area (Å²) < 4.78 is 10.9. The molecule has 3 rings (SSSR count). The molecular formula is C17H23NO8. The van der Waals surface area contributed by atoms with Crippen LogP contribution in [-0.2, 0) is 19.1 Å². The van der Waals surface area contributed by atoms with Crippen molar-refractivity contribution < 1.29 is 39.2 Å². The average molecular weight is 369 g/mol. The third kappa shape index (κ3) is 2.23. The number of aliphatic hydroxyl groups is 1. The molecule has 0 radical (unpaired) electrons. The summed E-state index contributed by atoms with van der Waals surface area (Å²) in [6, 6.07) is 0. The molecule has 0 bridgehead atoms. The van der Waals surface area contributed by atoms with Crippen LogP contribution in [0.5, 0.6) is 0 Å². The highest BCUT2D eigenvalue weighted by atomic mass is 16.7. The van der Waals surface area contributed by atoms with Gasteiger partial charge in [0.1, 0.15) is 5.60 Å². The van der Waals surface area contributed by atoms with Crippen molar-refractivity contribution in [3.05, 3.63) is 12.2 Å². The molecule has 3 aliphatic rings. The first-order valence-electron chi connectivity index (χ1n) is 8.57. The molecule has 9 nitrogen and oxygen atoms in total. The van der Waals surface area contributed by atoms with Gasteiger partial charge in [-0.15, -0.1) is 0 Å². The number of likely N-dealkylation sites (tertiary alicyclic amines) is 1. The van der Waals surface area contributed by atoms with E-state index in [1.807, 2.05) is 6.08 Å². The van der Waals surface area contributed by atoms with Crippen molar-refractivity contribution >= 4 is 18.0 Å². The Morgan fingerprint density at radius 1 is 1.42 bits per heavy atom. The Hall–Kier alpha value is -1.97. The lowest BCUT2D eigenvalue weighted by Crippen LogP contribution is -2.72. The number of aliphatic carboxylic acids is 1. The second-order valence-electron chi connectivity index (χ2n) is 7.17. The molecule has 2 heterocycles. The fourth-order valence-corrected chi connectivity index (χ4v) is 4.73. The van der Waals surface area contributed by atoms with Crippen LogP contribution < -0.4 is 0 Å². The zero-order valence-electron chi connectivity index (χ0n) is 14.6. The molecule has 3 N–H and O–H groups in total. The van der Waals surface area contributed by atoms with Crippen LogP contribution in [0, 0.1) is 11.8 Å². The molecule has 0 aromatic heterocycles. The molecule has 0 aromatic carbocycles. The second kappa shape index (κ2) is 6.33. The first kappa shape index (κ1) is 18.8. The smallest absolute Gasteiger partial charge is 0.415 e. The minimum absolute atomic E-state index is 0.0257. The number of carboxylic acid groups (broad SMARTS) is 2. The molecule has 2 amide bonds. The third-order valence-electron chi connectivity index (χ3n) is 6.00. The van der Waals surface area contributed by atoms with E-state index in [0.717, 1.165) is 12.8 Å². The minimum Gasteiger partial charge on any atom is -0.479 e. The standard InChI is InChI=1S/C17H23NO8/c1-16-10(8-11(25-2)26-16)13(20)18(15(23)24)17(16,14(21)22)12(19)9-6-4-3-5-7-9/h4,6,9-12,19H,3,5,7-8H2,1-2H3,(H,21,22)(H,23,24)/t9-,10?,11?,12?,16+,17?/m1/s1. The van der Waals surface area contributed by atoms with Gasteiger partial charge in [-0.05, 0) is 26.2 Å². The van der Waals surface area contributed by atoms with E-state index in [0.29, 0.717) is 6.42 Å². The molecule has 0 aromatic rings. The van der Waals surface area contributed by atoms with Crippen molar-refractivity contribution in [2.24, 2.45) is 11.8 Å². The SMILES string of the molecule is COC1CC2C(=O)N(C(=O)O)C(C(=O)O)(C(O)[C@@H]3C=CCCC3)[C@@]2(C)O1. The van der Waals surface area contributed by atoms with Crippen molar-refractivity contribution in [2.75, 3.05) is 7.11 Å². The number of hydrogen-bond acceptors (Lipinski definition) is 6. The van der Waals surface area contributed by atoms with Crippen molar-refractivity contribution in [3.8, 4) is 0 Å². The van der Waals surface area contributed by atoms with Gasteiger partial charge in [0.25, 0.3) is 0 Å². The zero-order valence-corrected chi connectivity index (χ0v) is 14.6. The lowest BCUT2D eigenvalue weighted by molar-refractivity contribution is -0.216. The predicted octanol–water partition coefficient (Wildman–Crippen LogP) is 0.815. The van der Waals surface area contributed by atoms with Crippen molar-refractivity contribution in [2.45, 2.75) is 56.1 Å². The van der Waals surface area contributed by atoms with Crippen LogP contribution in [0.2, 0.25) is 0 Å². The van der Waals surface area contributed by atoms with Crippen molar-refractivity contribution in [1.82, 2.24) is 4.90 Å². The Kier molecular flexibility index (Phi) is 4.58. The molecular weight excluding hydrogens is 346 g/mol. The predicted molar refractivity (Wildman–Crippen MR) is 86.1 cm³/mol. The number of carbonyl (C=O) groups is 3. The summed E-state index contributed by atoms with van der Waals surface area (Å²) in [7, 11) is 1.36. The molecule has 4 unspecified atom stereocenters. The van der Waals surface area contributed by atoms with Gasteiger partial charge in [0.05, 0.1) is 12.0 Å². The van der Waals surface area contributed by atoms with Gasteiger partial charge in [-0.25, -0.2) is 14.5 Å². The maximum Gasteiger partial charge on any atom is 0.415 e. The van der Waals surface area contributed by atoms with Gasteiger partial charge < -0.3 is 24.8 Å². The topological polar surface area (TPSA) is 134 Å². The Morgan fingerprint density at radius 2 is 2.12 bits per heavy atom. The number of nitrogens with zero attached hydrogens (tertiary/aromatic N) is 1. The van der Waals surface area contributed by atoms with E-state index in [1.165, 1.54) is 14.0 Å². The summed E-state index contributed by atoms with van der Waals surface area (Å²) in [5, 5.41) is 30.8. The molecule has 9 heteroatoms. The quantitative estimate of drug-likeness (QED) is 0.620. The van der Waals surface area contributed by atoms with E-state index >= 15 is 0 Å². The Labute approximate surface area is 150 Å². The highest BCUT2D eigenvalue weighted by Crippen LogP contribution is 2.55. The summed E-state index contributed by atoms with van der Waals surface area (Å²) in [6.07, 6.45) is 1.33. The highest BCUT2D eigenvalue weighted by molar-refractivity contribution is 6.05. The summed E-state index contributed by atoms with van der Waals surface area (Å²) in [4.78, 5) is 37.4. The summed E-state index contributed by atoms with van der Waals surface area (Å²) in [5.41, 5.74) is -4.21. The summed E-state index contributed by atoms with van der Waals surface area (Å²) >= 11 is 0.